The van der Waals surface area contributed by atoms with Crippen molar-refractivity contribution in [1.82, 2.24) is 4.98 Å². The van der Waals surface area contributed by atoms with E-state index in [4.69, 9.17) is 0 Å². The maximum atomic E-state index is 9.33. The molecule has 0 aliphatic heterocycles. The molecule has 4 heteroatoms. The zero-order valence-corrected chi connectivity index (χ0v) is 13.2. The van der Waals surface area contributed by atoms with Gasteiger partial charge < -0.3 is 10.4 Å². The van der Waals surface area contributed by atoms with Crippen LogP contribution in [0.2, 0.25) is 0 Å². The van der Waals surface area contributed by atoms with Gasteiger partial charge in [-0.25, -0.2) is 4.98 Å². The molecule has 0 atom stereocenters. The van der Waals surface area contributed by atoms with Gasteiger partial charge in [-0.1, -0.05) is 27.7 Å². The second kappa shape index (κ2) is 7.10. The van der Waals surface area contributed by atoms with Crippen molar-refractivity contribution in [2.24, 2.45) is 17.8 Å². The van der Waals surface area contributed by atoms with Crippen LogP contribution in [-0.2, 0) is 6.61 Å². The van der Waals surface area contributed by atoms with E-state index >= 15 is 0 Å². The molecule has 18 heavy (non-hydrogen) atoms. The van der Waals surface area contributed by atoms with Crippen molar-refractivity contribution in [3.8, 4) is 0 Å². The third-order valence-corrected chi connectivity index (χ3v) is 3.76. The average molecular weight is 315 g/mol. The third-order valence-electron chi connectivity index (χ3n) is 3.32. The van der Waals surface area contributed by atoms with Crippen LogP contribution >= 0.6 is 15.9 Å². The molecule has 0 aliphatic carbocycles. The van der Waals surface area contributed by atoms with Crippen LogP contribution in [0.3, 0.4) is 0 Å². The summed E-state index contributed by atoms with van der Waals surface area (Å²) in [6.45, 7) is 9.87. The molecule has 1 aromatic rings. The topological polar surface area (TPSA) is 45.2 Å². The highest BCUT2D eigenvalue weighted by atomic mass is 79.9. The highest BCUT2D eigenvalue weighted by Gasteiger charge is 2.17. The van der Waals surface area contributed by atoms with Crippen LogP contribution in [0.25, 0.3) is 0 Å². The summed E-state index contributed by atoms with van der Waals surface area (Å²) in [5.74, 6) is 2.64. The first-order valence-electron chi connectivity index (χ1n) is 6.44. The Morgan fingerprint density at radius 1 is 1.28 bits per heavy atom. The summed E-state index contributed by atoms with van der Waals surface area (Å²) in [5.41, 5.74) is 0.829. The minimum atomic E-state index is 0.00277. The van der Waals surface area contributed by atoms with Crippen LogP contribution in [-0.4, -0.2) is 16.6 Å². The minimum Gasteiger partial charge on any atom is -0.392 e. The quantitative estimate of drug-likeness (QED) is 0.842. The van der Waals surface area contributed by atoms with Gasteiger partial charge in [0.05, 0.1) is 6.61 Å². The molecule has 0 fully saturated rings. The molecule has 0 bridgehead atoms. The molecule has 3 nitrogen and oxygen atoms in total. The number of hydrogen-bond acceptors (Lipinski definition) is 3. The second-order valence-electron chi connectivity index (χ2n) is 5.35. The lowest BCUT2D eigenvalue weighted by Gasteiger charge is -2.25. The number of aromatic nitrogens is 1. The molecular formula is C14H23BrN2O. The van der Waals surface area contributed by atoms with Crippen LogP contribution in [0.1, 0.15) is 33.3 Å². The van der Waals surface area contributed by atoms with Crippen LogP contribution in [0, 0.1) is 17.8 Å². The van der Waals surface area contributed by atoms with Gasteiger partial charge in [-0.05, 0) is 39.8 Å². The lowest BCUT2D eigenvalue weighted by Crippen LogP contribution is -2.25. The maximum absolute atomic E-state index is 9.33. The van der Waals surface area contributed by atoms with Crippen LogP contribution in [0.4, 0.5) is 5.82 Å². The van der Waals surface area contributed by atoms with E-state index in [9.17, 15) is 5.11 Å². The zero-order chi connectivity index (χ0) is 13.7. The van der Waals surface area contributed by atoms with E-state index in [0.717, 1.165) is 22.4 Å². The predicted molar refractivity (Wildman–Crippen MR) is 79.5 cm³/mol. The fourth-order valence-electron chi connectivity index (χ4n) is 2.22. The first-order chi connectivity index (χ1) is 8.45. The number of rotatable bonds is 6. The van der Waals surface area contributed by atoms with Crippen LogP contribution in [0.5, 0.6) is 0 Å². The molecule has 102 valence electrons. The van der Waals surface area contributed by atoms with Gasteiger partial charge in [0, 0.05) is 22.8 Å². The molecule has 0 amide bonds. The Hall–Kier alpha value is -0.610. The first-order valence-corrected chi connectivity index (χ1v) is 7.24. The normalized spacial score (nSPS) is 11.6. The summed E-state index contributed by atoms with van der Waals surface area (Å²) >= 11 is 3.36. The Kier molecular flexibility index (Phi) is 6.09. The smallest absolute Gasteiger partial charge is 0.131 e. The predicted octanol–water partition coefficient (Wildman–Crippen LogP) is 3.68. The van der Waals surface area contributed by atoms with Gasteiger partial charge in [-0.2, -0.15) is 0 Å². The number of nitrogens with zero attached hydrogens (tertiary/aromatic N) is 1. The second-order valence-corrected chi connectivity index (χ2v) is 6.27. The molecule has 2 N–H and O–H groups in total. The van der Waals surface area contributed by atoms with Gasteiger partial charge in [-0.3, -0.25) is 0 Å². The summed E-state index contributed by atoms with van der Waals surface area (Å²) in [7, 11) is 0. The number of halogens is 1. The molecule has 0 saturated carbocycles. The molecule has 1 rings (SSSR count). The molecule has 1 heterocycles. The Morgan fingerprint density at radius 3 is 2.39 bits per heavy atom. The zero-order valence-electron chi connectivity index (χ0n) is 11.6. The summed E-state index contributed by atoms with van der Waals surface area (Å²) in [6, 6.07) is 1.90. The number of hydrogen-bond donors (Lipinski definition) is 2. The van der Waals surface area contributed by atoms with Crippen molar-refractivity contribution in [1.29, 1.82) is 0 Å². The number of aliphatic hydroxyl groups is 1. The lowest BCUT2D eigenvalue weighted by atomic mass is 9.85. The Labute approximate surface area is 118 Å². The van der Waals surface area contributed by atoms with E-state index < -0.39 is 0 Å². The van der Waals surface area contributed by atoms with Crippen molar-refractivity contribution in [2.75, 3.05) is 11.9 Å². The fraction of sp³-hybridized carbons (Fsp3) is 0.643. The van der Waals surface area contributed by atoms with Crippen LogP contribution < -0.4 is 5.32 Å². The summed E-state index contributed by atoms with van der Waals surface area (Å²) < 4.78 is 0.890. The molecule has 0 aliphatic rings. The monoisotopic (exact) mass is 314 g/mol. The van der Waals surface area contributed by atoms with E-state index in [1.807, 2.05) is 6.07 Å². The number of pyridine rings is 1. The molecule has 0 unspecified atom stereocenters. The Bertz CT molecular complexity index is 372. The molecular weight excluding hydrogens is 292 g/mol. The van der Waals surface area contributed by atoms with E-state index in [-0.39, 0.29) is 6.61 Å². The van der Waals surface area contributed by atoms with Crippen molar-refractivity contribution in [2.45, 2.75) is 34.3 Å². The maximum Gasteiger partial charge on any atom is 0.131 e. The highest BCUT2D eigenvalue weighted by molar-refractivity contribution is 9.10. The van der Waals surface area contributed by atoms with E-state index in [1.54, 1.807) is 6.20 Å². The van der Waals surface area contributed by atoms with Crippen molar-refractivity contribution in [3.63, 3.8) is 0 Å². The Morgan fingerprint density at radius 2 is 1.89 bits per heavy atom. The van der Waals surface area contributed by atoms with Gasteiger partial charge in [0.2, 0.25) is 0 Å². The summed E-state index contributed by atoms with van der Waals surface area (Å²) in [5, 5.41) is 12.7. The number of nitrogens with one attached hydrogen (secondary N) is 1. The number of aliphatic hydroxyl groups excluding tert-OH is 1. The average Bonchev–Trinajstić information content (AvgIpc) is 2.30. The molecule has 0 spiro atoms. The van der Waals surface area contributed by atoms with Gasteiger partial charge in [0.15, 0.2) is 0 Å². The minimum absolute atomic E-state index is 0.00277. The van der Waals surface area contributed by atoms with Gasteiger partial charge in [-0.15, -0.1) is 0 Å². The van der Waals surface area contributed by atoms with E-state index in [1.165, 1.54) is 0 Å². The molecule has 0 radical (unpaired) electrons. The van der Waals surface area contributed by atoms with Gasteiger partial charge in [0.1, 0.15) is 5.82 Å². The molecule has 0 aromatic carbocycles. The van der Waals surface area contributed by atoms with Gasteiger partial charge >= 0.3 is 0 Å². The highest BCUT2D eigenvalue weighted by Crippen LogP contribution is 2.23. The van der Waals surface area contributed by atoms with Crippen molar-refractivity contribution < 1.29 is 5.11 Å². The third kappa shape index (κ3) is 4.25. The van der Waals surface area contributed by atoms with Gasteiger partial charge in [0.25, 0.3) is 0 Å². The fourth-order valence-corrected chi connectivity index (χ4v) is 2.60. The van der Waals surface area contributed by atoms with Crippen molar-refractivity contribution >= 4 is 21.7 Å². The number of anilines is 1. The standard InChI is InChI=1S/C14H23BrN2O/c1-9(2)13(10(3)4)7-17-14-11(8-18)5-12(15)6-16-14/h5-6,9-10,13,18H,7-8H2,1-4H3,(H,16,17). The largest absolute Gasteiger partial charge is 0.392 e. The Balaban J connectivity index is 2.73. The molecule has 1 aromatic heterocycles. The summed E-state index contributed by atoms with van der Waals surface area (Å²) in [4.78, 5) is 4.32. The van der Waals surface area contributed by atoms with Crippen LogP contribution in [0.15, 0.2) is 16.7 Å². The summed E-state index contributed by atoms with van der Waals surface area (Å²) in [6.07, 6.45) is 1.75. The van der Waals surface area contributed by atoms with E-state index in [0.29, 0.717) is 17.8 Å². The van der Waals surface area contributed by atoms with E-state index in [2.05, 4.69) is 53.9 Å². The van der Waals surface area contributed by atoms with Crippen molar-refractivity contribution in [3.05, 3.63) is 22.3 Å². The first kappa shape index (κ1) is 15.4. The SMILES string of the molecule is CC(C)C(CNc1ncc(Br)cc1CO)C(C)C. The molecule has 0 saturated heterocycles. The lowest BCUT2D eigenvalue weighted by molar-refractivity contribution is 0.281.